The number of nitrogens with zero attached hydrogens (tertiary/aromatic N) is 1. The third-order valence-electron chi connectivity index (χ3n) is 8.49. The third-order valence-corrected chi connectivity index (χ3v) is 8.49. The van der Waals surface area contributed by atoms with Crippen LogP contribution in [0.5, 0.6) is 0 Å². The van der Waals surface area contributed by atoms with Crippen LogP contribution in [0.3, 0.4) is 0 Å². The molecule has 0 saturated heterocycles. The van der Waals surface area contributed by atoms with Gasteiger partial charge in [-0.3, -0.25) is 9.78 Å². The summed E-state index contributed by atoms with van der Waals surface area (Å²) in [6, 6.07) is 26.7. The molecule has 5 heteroatoms. The van der Waals surface area contributed by atoms with Crippen molar-refractivity contribution in [3.05, 3.63) is 103 Å². The Kier molecular flexibility index (Phi) is 12.9. The summed E-state index contributed by atoms with van der Waals surface area (Å²) in [4.78, 5) is 16.4. The molecule has 0 saturated carbocycles. The molecule has 5 aromatic rings. The maximum atomic E-state index is 11.7. The van der Waals surface area contributed by atoms with Crippen LogP contribution in [0.1, 0.15) is 79.7 Å². The van der Waals surface area contributed by atoms with E-state index in [0.29, 0.717) is 0 Å². The predicted molar refractivity (Wildman–Crippen MR) is 184 cm³/mol. The number of carbonyl (C=O) groups is 1. The average Bonchev–Trinajstić information content (AvgIpc) is 3.51. The van der Waals surface area contributed by atoms with Gasteiger partial charge in [0, 0.05) is 60.9 Å². The molecule has 5 rings (SSSR count). The van der Waals surface area contributed by atoms with Gasteiger partial charge in [0.25, 0.3) is 0 Å². The normalized spacial score (nSPS) is 11.9. The number of hydrogen-bond acceptors (Lipinski definition) is 4. The van der Waals surface area contributed by atoms with E-state index in [1.807, 2.05) is 46.0 Å². The van der Waals surface area contributed by atoms with Crippen LogP contribution in [0.2, 0.25) is 0 Å². The van der Waals surface area contributed by atoms with Crippen molar-refractivity contribution in [1.29, 1.82) is 0 Å². The molecule has 0 atom stereocenters. The summed E-state index contributed by atoms with van der Waals surface area (Å²) in [5, 5.41) is 13.2. The molecule has 0 aliphatic carbocycles. The molecule has 0 fully saturated rings. The Morgan fingerprint density at radius 1 is 0.911 bits per heavy atom. The Morgan fingerprint density at radius 2 is 1.60 bits per heavy atom. The maximum absolute atomic E-state index is 11.7. The molecule has 0 bridgehead atoms. The van der Waals surface area contributed by atoms with Crippen LogP contribution in [-0.2, 0) is 30.3 Å². The van der Waals surface area contributed by atoms with Crippen LogP contribution in [0, 0.1) is 17.9 Å². The van der Waals surface area contributed by atoms with Crippen molar-refractivity contribution >= 4 is 27.5 Å². The minimum Gasteiger partial charge on any atom is -0.512 e. The molecule has 0 aliphatic heterocycles. The molecule has 1 radical (unpaired) electrons. The van der Waals surface area contributed by atoms with E-state index in [2.05, 4.69) is 86.4 Å². The Hall–Kier alpha value is -3.53. The number of aliphatic hydroxyl groups is 1. The van der Waals surface area contributed by atoms with Crippen molar-refractivity contribution < 1.29 is 34.4 Å². The summed E-state index contributed by atoms with van der Waals surface area (Å²) in [5.41, 5.74) is 6.34. The zero-order valence-electron chi connectivity index (χ0n) is 27.6. The van der Waals surface area contributed by atoms with Crippen molar-refractivity contribution in [2.45, 2.75) is 79.6 Å². The second-order valence-electron chi connectivity index (χ2n) is 12.5. The van der Waals surface area contributed by atoms with E-state index in [-0.39, 0.29) is 48.9 Å². The van der Waals surface area contributed by atoms with E-state index in [1.165, 1.54) is 17.0 Å². The zero-order valence-corrected chi connectivity index (χ0v) is 30.0. The first-order chi connectivity index (χ1) is 21.1. The number of para-hydroxylation sites is 1. The molecule has 1 N–H and O–H groups in total. The first-order valence-electron chi connectivity index (χ1n) is 15.9. The van der Waals surface area contributed by atoms with Gasteiger partial charge < -0.3 is 9.52 Å². The van der Waals surface area contributed by atoms with Gasteiger partial charge in [-0.05, 0) is 48.8 Å². The second kappa shape index (κ2) is 16.2. The number of aliphatic hydroxyl groups excluding tert-OH is 1. The largest absolute Gasteiger partial charge is 0.512 e. The molecule has 0 aliphatic rings. The van der Waals surface area contributed by atoms with Crippen LogP contribution < -0.4 is 0 Å². The molecular formula is C40H46IrNO3-. The topological polar surface area (TPSA) is 63.3 Å². The SMILES string of the molecule is CC(C)(C)c1cc(-c2cc(-c3cccc4ccoc34)ccn2)[c-]c2ccccc12.CCC(CC)C(=O)/C=C(\O)C(CC)CC.[Ir]. The van der Waals surface area contributed by atoms with Crippen LogP contribution in [0.15, 0.2) is 95.4 Å². The number of aromatic nitrogens is 1. The van der Waals surface area contributed by atoms with Gasteiger partial charge in [-0.25, -0.2) is 0 Å². The van der Waals surface area contributed by atoms with Crippen molar-refractivity contribution in [1.82, 2.24) is 4.98 Å². The molecule has 0 spiro atoms. The summed E-state index contributed by atoms with van der Waals surface area (Å²) < 4.78 is 5.74. The molecule has 4 nitrogen and oxygen atoms in total. The quantitative estimate of drug-likeness (QED) is 0.0919. The number of benzene rings is 3. The van der Waals surface area contributed by atoms with E-state index in [0.717, 1.165) is 64.4 Å². The van der Waals surface area contributed by atoms with Crippen molar-refractivity contribution in [2.24, 2.45) is 11.8 Å². The average molecular weight is 781 g/mol. The Labute approximate surface area is 282 Å². The molecule has 239 valence electrons. The molecule has 0 amide bonds. The monoisotopic (exact) mass is 781 g/mol. The van der Waals surface area contributed by atoms with Crippen molar-refractivity contribution in [3.63, 3.8) is 0 Å². The summed E-state index contributed by atoms with van der Waals surface area (Å²) in [5.74, 6) is 0.547. The van der Waals surface area contributed by atoms with Crippen LogP contribution in [-0.4, -0.2) is 15.9 Å². The van der Waals surface area contributed by atoms with Gasteiger partial charge in [-0.1, -0.05) is 102 Å². The number of fused-ring (bicyclic) bond motifs is 2. The molecule has 3 aromatic carbocycles. The molecule has 2 aromatic heterocycles. The fraction of sp³-hybridized carbons (Fsp3) is 0.350. The summed E-state index contributed by atoms with van der Waals surface area (Å²) in [7, 11) is 0. The van der Waals surface area contributed by atoms with Gasteiger partial charge in [-0.2, -0.15) is 0 Å². The number of carbonyl (C=O) groups excluding carboxylic acids is 1. The molecule has 2 heterocycles. The molecule has 45 heavy (non-hydrogen) atoms. The van der Waals surface area contributed by atoms with Crippen LogP contribution in [0.4, 0.5) is 0 Å². The maximum Gasteiger partial charge on any atom is 0.162 e. The van der Waals surface area contributed by atoms with Crippen LogP contribution >= 0.6 is 0 Å². The van der Waals surface area contributed by atoms with E-state index in [9.17, 15) is 9.90 Å². The van der Waals surface area contributed by atoms with Gasteiger partial charge in [0.1, 0.15) is 5.58 Å². The summed E-state index contributed by atoms with van der Waals surface area (Å²) >= 11 is 0. The number of rotatable bonds is 9. The number of ketones is 1. The Bertz CT molecular complexity index is 1740. The minimum atomic E-state index is 0. The van der Waals surface area contributed by atoms with Gasteiger partial charge in [0.15, 0.2) is 5.78 Å². The summed E-state index contributed by atoms with van der Waals surface area (Å²) in [6.45, 7) is 14.8. The van der Waals surface area contributed by atoms with Gasteiger partial charge in [0.2, 0.25) is 0 Å². The fourth-order valence-corrected chi connectivity index (χ4v) is 5.73. The van der Waals surface area contributed by atoms with Crippen LogP contribution in [0.25, 0.3) is 44.1 Å². The first kappa shape index (κ1) is 35.9. The van der Waals surface area contributed by atoms with Crippen molar-refractivity contribution in [3.8, 4) is 22.4 Å². The molecule has 0 unspecified atom stereocenters. The Balaban J connectivity index is 0.000000297. The number of pyridine rings is 1. The van der Waals surface area contributed by atoms with Gasteiger partial charge in [0.05, 0.1) is 12.0 Å². The molecular weight excluding hydrogens is 735 g/mol. The van der Waals surface area contributed by atoms with E-state index < -0.39 is 0 Å². The van der Waals surface area contributed by atoms with Crippen molar-refractivity contribution in [2.75, 3.05) is 0 Å². The zero-order chi connectivity index (χ0) is 31.9. The second-order valence-corrected chi connectivity index (χ2v) is 12.5. The third kappa shape index (κ3) is 8.60. The number of allylic oxidation sites excluding steroid dienone is 2. The summed E-state index contributed by atoms with van der Waals surface area (Å²) in [6.07, 6.45) is 8.51. The number of hydrogen-bond donors (Lipinski definition) is 1. The minimum absolute atomic E-state index is 0. The van der Waals surface area contributed by atoms with E-state index in [1.54, 1.807) is 6.26 Å². The standard InChI is InChI=1S/C27H22NO.C13H24O2.Ir/c1-27(2,3)24-16-21(15-19-7-4-5-9-22(19)24)25-17-20(11-13-28-25)23-10-6-8-18-12-14-29-26(18)23;1-5-10(6-2)12(14)9-13(15)11(7-3)8-4;/h4-14,16-17H,1-3H3;9-11,14H,5-8H2,1-4H3;/q-1;;/b;12-9-;. The van der Waals surface area contributed by atoms with E-state index in [4.69, 9.17) is 4.42 Å². The smallest absolute Gasteiger partial charge is 0.162 e. The predicted octanol–water partition coefficient (Wildman–Crippen LogP) is 11.3. The Morgan fingerprint density at radius 3 is 2.27 bits per heavy atom. The van der Waals surface area contributed by atoms with Gasteiger partial charge in [-0.15, -0.1) is 29.1 Å². The van der Waals surface area contributed by atoms with Gasteiger partial charge >= 0.3 is 0 Å². The number of furan rings is 1. The first-order valence-corrected chi connectivity index (χ1v) is 15.9. The van der Waals surface area contributed by atoms with E-state index >= 15 is 0 Å². The fourth-order valence-electron chi connectivity index (χ4n) is 5.73.